The summed E-state index contributed by atoms with van der Waals surface area (Å²) in [5, 5.41) is 5.87. The zero-order chi connectivity index (χ0) is 17.9. The van der Waals surface area contributed by atoms with Crippen LogP contribution in [0.4, 0.5) is 11.5 Å². The van der Waals surface area contributed by atoms with Gasteiger partial charge in [-0.1, -0.05) is 6.07 Å². The van der Waals surface area contributed by atoms with E-state index in [1.54, 1.807) is 43.5 Å². The Kier molecular flexibility index (Phi) is 4.89. The van der Waals surface area contributed by atoms with Crippen LogP contribution in [0.25, 0.3) is 0 Å². The van der Waals surface area contributed by atoms with E-state index in [4.69, 9.17) is 4.74 Å². The summed E-state index contributed by atoms with van der Waals surface area (Å²) in [5.41, 5.74) is 1.04. The molecular weight excluding hydrogens is 342 g/mol. The van der Waals surface area contributed by atoms with Crippen molar-refractivity contribution in [1.82, 2.24) is 4.98 Å². The highest BCUT2D eigenvalue weighted by Crippen LogP contribution is 2.18. The van der Waals surface area contributed by atoms with E-state index in [1.807, 2.05) is 0 Å². The zero-order valence-corrected chi connectivity index (χ0v) is 14.5. The van der Waals surface area contributed by atoms with Gasteiger partial charge in [0.2, 0.25) is 0 Å². The van der Waals surface area contributed by atoms with Crippen molar-refractivity contribution in [2.24, 2.45) is 0 Å². The smallest absolute Gasteiger partial charge is 0.255 e. The summed E-state index contributed by atoms with van der Waals surface area (Å²) in [6.07, 6.45) is 2.11. The van der Waals surface area contributed by atoms with Crippen molar-refractivity contribution < 1.29 is 17.9 Å². The molecule has 1 aliphatic rings. The fraction of sp³-hybridized carbons (Fsp3) is 0.294. The number of carbonyl (C=O) groups is 1. The summed E-state index contributed by atoms with van der Waals surface area (Å²) in [4.78, 5) is 16.5. The average Bonchev–Trinajstić information content (AvgIpc) is 2.95. The summed E-state index contributed by atoms with van der Waals surface area (Å²) in [6.45, 7) is 0. The van der Waals surface area contributed by atoms with Gasteiger partial charge in [-0.2, -0.15) is 0 Å². The maximum Gasteiger partial charge on any atom is 0.255 e. The predicted octanol–water partition coefficient (Wildman–Crippen LogP) is 1.94. The molecular formula is C17H19N3O4S. The van der Waals surface area contributed by atoms with Crippen LogP contribution >= 0.6 is 0 Å². The van der Waals surface area contributed by atoms with Crippen LogP contribution in [0.1, 0.15) is 16.8 Å². The van der Waals surface area contributed by atoms with Crippen molar-refractivity contribution in [2.75, 3.05) is 29.2 Å². The van der Waals surface area contributed by atoms with Crippen molar-refractivity contribution in [3.63, 3.8) is 0 Å². The van der Waals surface area contributed by atoms with E-state index in [2.05, 4.69) is 15.6 Å². The lowest BCUT2D eigenvalue weighted by Crippen LogP contribution is -2.21. The van der Waals surface area contributed by atoms with Crippen LogP contribution in [0.15, 0.2) is 42.6 Å². The first-order valence-corrected chi connectivity index (χ1v) is 9.66. The van der Waals surface area contributed by atoms with E-state index in [0.717, 1.165) is 0 Å². The largest absolute Gasteiger partial charge is 0.497 e. The third-order valence-corrected chi connectivity index (χ3v) is 5.71. The molecule has 132 valence electrons. The lowest BCUT2D eigenvalue weighted by Gasteiger charge is -2.12. The number of nitrogens with zero attached hydrogens (tertiary/aromatic N) is 1. The highest BCUT2D eigenvalue weighted by Gasteiger charge is 2.27. The van der Waals surface area contributed by atoms with E-state index in [1.165, 1.54) is 6.20 Å². The minimum absolute atomic E-state index is 0.116. The van der Waals surface area contributed by atoms with Gasteiger partial charge >= 0.3 is 0 Å². The summed E-state index contributed by atoms with van der Waals surface area (Å²) in [7, 11) is -1.39. The standard InChI is InChI=1S/C17H19N3O4S/c1-24-15-4-2-3-12(9-15)17(21)20-13-5-6-16(18-10-13)19-14-7-8-25(22,23)11-14/h2-6,9-10,14H,7-8,11H2,1H3,(H,18,19)(H,20,21). The van der Waals surface area contributed by atoms with Crippen LogP contribution in [0, 0.1) is 0 Å². The molecule has 2 aromatic rings. The third kappa shape index (κ3) is 4.48. The Hall–Kier alpha value is -2.61. The van der Waals surface area contributed by atoms with Gasteiger partial charge in [0.15, 0.2) is 9.84 Å². The van der Waals surface area contributed by atoms with Crippen LogP contribution in [0.5, 0.6) is 5.75 Å². The predicted molar refractivity (Wildman–Crippen MR) is 95.9 cm³/mol. The van der Waals surface area contributed by atoms with Crippen molar-refractivity contribution in [2.45, 2.75) is 12.5 Å². The number of amides is 1. The number of aromatic nitrogens is 1. The Morgan fingerprint density at radius 3 is 2.76 bits per heavy atom. The molecule has 25 heavy (non-hydrogen) atoms. The van der Waals surface area contributed by atoms with Crippen LogP contribution < -0.4 is 15.4 Å². The van der Waals surface area contributed by atoms with E-state index in [-0.39, 0.29) is 23.5 Å². The molecule has 0 bridgehead atoms. The number of sulfone groups is 1. The van der Waals surface area contributed by atoms with Crippen LogP contribution in [-0.4, -0.2) is 44.0 Å². The third-order valence-electron chi connectivity index (χ3n) is 3.94. The quantitative estimate of drug-likeness (QED) is 0.845. The lowest BCUT2D eigenvalue weighted by atomic mass is 10.2. The molecule has 1 aromatic carbocycles. The van der Waals surface area contributed by atoms with E-state index < -0.39 is 9.84 Å². The van der Waals surface area contributed by atoms with Gasteiger partial charge in [0.1, 0.15) is 11.6 Å². The fourth-order valence-electron chi connectivity index (χ4n) is 2.64. The molecule has 1 amide bonds. The molecule has 1 aromatic heterocycles. The van der Waals surface area contributed by atoms with Crippen molar-refractivity contribution in [1.29, 1.82) is 0 Å². The number of carbonyl (C=O) groups excluding carboxylic acids is 1. The Labute approximate surface area is 146 Å². The van der Waals surface area contributed by atoms with Crippen molar-refractivity contribution in [3.05, 3.63) is 48.2 Å². The van der Waals surface area contributed by atoms with Gasteiger partial charge in [0.25, 0.3) is 5.91 Å². The summed E-state index contributed by atoms with van der Waals surface area (Å²) < 4.78 is 28.0. The zero-order valence-electron chi connectivity index (χ0n) is 13.7. The van der Waals surface area contributed by atoms with Gasteiger partial charge in [0.05, 0.1) is 30.5 Å². The number of pyridine rings is 1. The van der Waals surface area contributed by atoms with Crippen molar-refractivity contribution >= 4 is 27.2 Å². The molecule has 1 aliphatic heterocycles. The first-order chi connectivity index (χ1) is 11.9. The van der Waals surface area contributed by atoms with E-state index >= 15 is 0 Å². The molecule has 0 radical (unpaired) electrons. The van der Waals surface area contributed by atoms with Gasteiger partial charge in [-0.25, -0.2) is 13.4 Å². The second-order valence-electron chi connectivity index (χ2n) is 5.86. The molecule has 0 saturated carbocycles. The molecule has 2 N–H and O–H groups in total. The molecule has 2 heterocycles. The van der Waals surface area contributed by atoms with Gasteiger partial charge in [-0.3, -0.25) is 4.79 Å². The number of benzene rings is 1. The Morgan fingerprint density at radius 2 is 2.12 bits per heavy atom. The Balaban J connectivity index is 1.61. The van der Waals surface area contributed by atoms with E-state index in [0.29, 0.717) is 29.2 Å². The molecule has 8 heteroatoms. The second kappa shape index (κ2) is 7.10. The second-order valence-corrected chi connectivity index (χ2v) is 8.09. The number of hydrogen-bond donors (Lipinski definition) is 2. The van der Waals surface area contributed by atoms with Gasteiger partial charge in [-0.15, -0.1) is 0 Å². The monoisotopic (exact) mass is 361 g/mol. The highest BCUT2D eigenvalue weighted by atomic mass is 32.2. The number of anilines is 2. The Morgan fingerprint density at radius 1 is 1.28 bits per heavy atom. The lowest BCUT2D eigenvalue weighted by molar-refractivity contribution is 0.102. The molecule has 0 aliphatic carbocycles. The molecule has 1 fully saturated rings. The minimum atomic E-state index is -2.93. The summed E-state index contributed by atoms with van der Waals surface area (Å²) >= 11 is 0. The van der Waals surface area contributed by atoms with Gasteiger partial charge in [-0.05, 0) is 36.8 Å². The summed E-state index contributed by atoms with van der Waals surface area (Å²) in [5.74, 6) is 1.27. The normalized spacial score (nSPS) is 18.5. The Bertz CT molecular complexity index is 866. The fourth-order valence-corrected chi connectivity index (χ4v) is 4.31. The molecule has 3 rings (SSSR count). The maximum atomic E-state index is 12.2. The van der Waals surface area contributed by atoms with Gasteiger partial charge in [0, 0.05) is 11.6 Å². The minimum Gasteiger partial charge on any atom is -0.497 e. The number of nitrogens with one attached hydrogen (secondary N) is 2. The van der Waals surface area contributed by atoms with Crippen LogP contribution in [-0.2, 0) is 9.84 Å². The SMILES string of the molecule is COc1cccc(C(=O)Nc2ccc(NC3CCS(=O)(=O)C3)nc2)c1. The number of methoxy groups -OCH3 is 1. The number of hydrogen-bond acceptors (Lipinski definition) is 6. The average molecular weight is 361 g/mol. The number of rotatable bonds is 5. The number of ether oxygens (including phenoxy) is 1. The van der Waals surface area contributed by atoms with E-state index in [9.17, 15) is 13.2 Å². The maximum absolute atomic E-state index is 12.2. The van der Waals surface area contributed by atoms with Gasteiger partial charge < -0.3 is 15.4 Å². The molecule has 1 unspecified atom stereocenters. The molecule has 1 saturated heterocycles. The highest BCUT2D eigenvalue weighted by molar-refractivity contribution is 7.91. The first-order valence-electron chi connectivity index (χ1n) is 7.83. The topological polar surface area (TPSA) is 97.4 Å². The summed E-state index contributed by atoms with van der Waals surface area (Å²) in [6, 6.07) is 10.2. The van der Waals surface area contributed by atoms with Crippen molar-refractivity contribution in [3.8, 4) is 5.75 Å². The van der Waals surface area contributed by atoms with Crippen LogP contribution in [0.2, 0.25) is 0 Å². The molecule has 0 spiro atoms. The molecule has 1 atom stereocenters. The first kappa shape index (κ1) is 17.2. The van der Waals surface area contributed by atoms with Crippen LogP contribution in [0.3, 0.4) is 0 Å². The molecule has 7 nitrogen and oxygen atoms in total.